The number of H-pyrrole nitrogens is 1. The zero-order valence-electron chi connectivity index (χ0n) is 16.3. The Morgan fingerprint density at radius 1 is 1.28 bits per heavy atom. The maximum absolute atomic E-state index is 13.0. The second-order valence-corrected chi connectivity index (χ2v) is 8.40. The predicted octanol–water partition coefficient (Wildman–Crippen LogP) is 3.52. The van der Waals surface area contributed by atoms with E-state index in [1.165, 1.54) is 4.88 Å². The van der Waals surface area contributed by atoms with Gasteiger partial charge in [0.1, 0.15) is 5.82 Å². The third-order valence-corrected chi connectivity index (χ3v) is 6.13. The van der Waals surface area contributed by atoms with E-state index in [1.807, 2.05) is 24.3 Å². The molecule has 1 aliphatic rings. The first-order valence-corrected chi connectivity index (χ1v) is 11.0. The Balaban J connectivity index is 1.47. The first-order valence-electron chi connectivity index (χ1n) is 10.1. The van der Waals surface area contributed by atoms with E-state index in [0.717, 1.165) is 32.3 Å². The fourth-order valence-corrected chi connectivity index (χ4v) is 4.46. The molecular weight excluding hydrogens is 386 g/mol. The minimum absolute atomic E-state index is 0.0587. The van der Waals surface area contributed by atoms with E-state index in [0.29, 0.717) is 29.7 Å². The number of aryl methyl sites for hydroxylation is 1. The lowest BCUT2D eigenvalue weighted by Gasteiger charge is -2.25. The van der Waals surface area contributed by atoms with Gasteiger partial charge in [0.2, 0.25) is 5.91 Å². The van der Waals surface area contributed by atoms with Gasteiger partial charge in [0.25, 0.3) is 5.56 Å². The molecule has 1 amide bonds. The molecule has 3 heterocycles. The number of aromatic nitrogens is 2. The number of fused-ring (bicyclic) bond motifs is 1. The molecular formula is C22H25N3O3S. The fraction of sp³-hybridized carbons (Fsp3) is 0.409. The van der Waals surface area contributed by atoms with Gasteiger partial charge in [-0.05, 0) is 49.3 Å². The van der Waals surface area contributed by atoms with E-state index >= 15 is 0 Å². The second-order valence-electron chi connectivity index (χ2n) is 7.37. The number of nitrogens with zero attached hydrogens (tertiary/aromatic N) is 2. The van der Waals surface area contributed by atoms with Gasteiger partial charge in [-0.3, -0.25) is 9.59 Å². The van der Waals surface area contributed by atoms with Gasteiger partial charge < -0.3 is 14.6 Å². The number of aromatic amines is 1. The molecule has 3 aromatic rings. The summed E-state index contributed by atoms with van der Waals surface area (Å²) in [6.45, 7) is 1.57. The molecule has 0 bridgehead atoms. The predicted molar refractivity (Wildman–Crippen MR) is 114 cm³/mol. The van der Waals surface area contributed by atoms with Gasteiger partial charge in [0.15, 0.2) is 0 Å². The Labute approximate surface area is 173 Å². The van der Waals surface area contributed by atoms with Crippen molar-refractivity contribution in [3.05, 3.63) is 62.8 Å². The number of carbonyl (C=O) groups is 1. The zero-order valence-corrected chi connectivity index (χ0v) is 17.1. The summed E-state index contributed by atoms with van der Waals surface area (Å²) in [5.41, 5.74) is 0.473. The van der Waals surface area contributed by atoms with Crippen LogP contribution >= 0.6 is 11.3 Å². The summed E-state index contributed by atoms with van der Waals surface area (Å²) >= 11 is 1.72. The number of nitrogens with one attached hydrogen (secondary N) is 1. The van der Waals surface area contributed by atoms with Crippen LogP contribution in [0.1, 0.15) is 36.4 Å². The van der Waals surface area contributed by atoms with Crippen molar-refractivity contribution in [1.82, 2.24) is 14.9 Å². The quantitative estimate of drug-likeness (QED) is 0.615. The van der Waals surface area contributed by atoms with Gasteiger partial charge >= 0.3 is 0 Å². The molecule has 1 unspecified atom stereocenters. The van der Waals surface area contributed by atoms with Crippen molar-refractivity contribution in [3.8, 4) is 0 Å². The third-order valence-electron chi connectivity index (χ3n) is 5.20. The van der Waals surface area contributed by atoms with Gasteiger partial charge in [0.05, 0.1) is 23.6 Å². The standard InChI is InChI=1S/C22H25N3O3S/c26-21(11-3-7-17-8-5-13-29-17)25(14-16-6-4-12-28-16)15-20-23-19-10-2-1-9-18(19)22(27)24-20/h1-2,5,8-10,13,16H,3-4,6-7,11-12,14-15H2,(H,23,24,27). The Morgan fingerprint density at radius 3 is 2.97 bits per heavy atom. The van der Waals surface area contributed by atoms with Crippen LogP contribution in [-0.2, 0) is 22.5 Å². The first kappa shape index (κ1) is 19.8. The molecule has 1 aliphatic heterocycles. The summed E-state index contributed by atoms with van der Waals surface area (Å²) in [6.07, 6.45) is 4.23. The monoisotopic (exact) mass is 411 g/mol. The molecule has 1 saturated heterocycles. The van der Waals surface area contributed by atoms with Crippen molar-refractivity contribution in [2.45, 2.75) is 44.8 Å². The van der Waals surface area contributed by atoms with Crippen molar-refractivity contribution < 1.29 is 9.53 Å². The topological polar surface area (TPSA) is 75.3 Å². The fourth-order valence-electron chi connectivity index (χ4n) is 3.71. The van der Waals surface area contributed by atoms with Gasteiger partial charge in [0, 0.05) is 24.4 Å². The lowest BCUT2D eigenvalue weighted by molar-refractivity contribution is -0.133. The largest absolute Gasteiger partial charge is 0.376 e. The number of hydrogen-bond acceptors (Lipinski definition) is 5. The van der Waals surface area contributed by atoms with E-state index in [1.54, 1.807) is 22.3 Å². The number of carbonyl (C=O) groups excluding carboxylic acids is 1. The summed E-state index contributed by atoms with van der Waals surface area (Å²) in [4.78, 5) is 35.8. The number of benzene rings is 1. The Bertz CT molecular complexity index is 1010. The summed E-state index contributed by atoms with van der Waals surface area (Å²) in [5.74, 6) is 0.589. The van der Waals surface area contributed by atoms with Crippen LogP contribution in [0.5, 0.6) is 0 Å². The highest BCUT2D eigenvalue weighted by molar-refractivity contribution is 7.09. The Hall–Kier alpha value is -2.51. The SMILES string of the molecule is O=C(CCCc1cccs1)N(Cc1nc2ccccc2c(=O)[nH]1)CC1CCCO1. The van der Waals surface area contributed by atoms with Crippen molar-refractivity contribution in [2.75, 3.05) is 13.2 Å². The van der Waals surface area contributed by atoms with E-state index in [4.69, 9.17) is 4.74 Å². The molecule has 1 N–H and O–H groups in total. The summed E-state index contributed by atoms with van der Waals surface area (Å²) < 4.78 is 5.74. The van der Waals surface area contributed by atoms with Crippen molar-refractivity contribution in [2.24, 2.45) is 0 Å². The molecule has 29 heavy (non-hydrogen) atoms. The minimum Gasteiger partial charge on any atom is -0.376 e. The van der Waals surface area contributed by atoms with Gasteiger partial charge in [-0.15, -0.1) is 11.3 Å². The smallest absolute Gasteiger partial charge is 0.258 e. The summed E-state index contributed by atoms with van der Waals surface area (Å²) in [6, 6.07) is 11.4. The van der Waals surface area contributed by atoms with Crippen LogP contribution in [0.3, 0.4) is 0 Å². The van der Waals surface area contributed by atoms with Gasteiger partial charge in [-0.25, -0.2) is 4.98 Å². The van der Waals surface area contributed by atoms with Crippen LogP contribution in [0.4, 0.5) is 0 Å². The van der Waals surface area contributed by atoms with Crippen molar-refractivity contribution in [3.63, 3.8) is 0 Å². The lowest BCUT2D eigenvalue weighted by Crippen LogP contribution is -2.37. The molecule has 1 fully saturated rings. The zero-order chi connectivity index (χ0) is 20.1. The van der Waals surface area contributed by atoms with Crippen LogP contribution in [0, 0.1) is 0 Å². The number of rotatable bonds is 8. The van der Waals surface area contributed by atoms with Gasteiger partial charge in [-0.2, -0.15) is 0 Å². The van der Waals surface area contributed by atoms with Crippen LogP contribution in [0.15, 0.2) is 46.6 Å². The molecule has 4 rings (SSSR count). The highest BCUT2D eigenvalue weighted by Crippen LogP contribution is 2.17. The third kappa shape index (κ3) is 5.10. The molecule has 152 valence electrons. The van der Waals surface area contributed by atoms with E-state index in [-0.39, 0.29) is 24.1 Å². The maximum atomic E-state index is 13.0. The average molecular weight is 412 g/mol. The lowest BCUT2D eigenvalue weighted by atomic mass is 10.1. The number of amides is 1. The number of ether oxygens (including phenoxy) is 1. The summed E-state index contributed by atoms with van der Waals surface area (Å²) in [5, 5.41) is 2.62. The van der Waals surface area contributed by atoms with E-state index in [9.17, 15) is 9.59 Å². The Kier molecular flexibility index (Phi) is 6.36. The average Bonchev–Trinajstić information content (AvgIpc) is 3.42. The first-order chi connectivity index (χ1) is 14.2. The van der Waals surface area contributed by atoms with Crippen molar-refractivity contribution >= 4 is 28.1 Å². The van der Waals surface area contributed by atoms with E-state index in [2.05, 4.69) is 21.4 Å². The molecule has 0 aliphatic carbocycles. The van der Waals surface area contributed by atoms with Crippen LogP contribution < -0.4 is 5.56 Å². The van der Waals surface area contributed by atoms with Gasteiger partial charge in [-0.1, -0.05) is 18.2 Å². The molecule has 0 radical (unpaired) electrons. The second kappa shape index (κ2) is 9.33. The molecule has 0 spiro atoms. The number of thiophene rings is 1. The highest BCUT2D eigenvalue weighted by atomic mass is 32.1. The minimum atomic E-state index is -0.173. The molecule has 2 aromatic heterocycles. The van der Waals surface area contributed by atoms with Crippen LogP contribution in [0.25, 0.3) is 10.9 Å². The number of para-hydroxylation sites is 1. The maximum Gasteiger partial charge on any atom is 0.258 e. The summed E-state index contributed by atoms with van der Waals surface area (Å²) in [7, 11) is 0. The molecule has 1 atom stereocenters. The molecule has 6 nitrogen and oxygen atoms in total. The Morgan fingerprint density at radius 2 is 2.17 bits per heavy atom. The normalized spacial score (nSPS) is 16.3. The molecule has 0 saturated carbocycles. The van der Waals surface area contributed by atoms with Crippen LogP contribution in [-0.4, -0.2) is 40.0 Å². The molecule has 7 heteroatoms. The van der Waals surface area contributed by atoms with E-state index < -0.39 is 0 Å². The molecule has 1 aromatic carbocycles. The highest BCUT2D eigenvalue weighted by Gasteiger charge is 2.23. The van der Waals surface area contributed by atoms with Crippen LogP contribution in [0.2, 0.25) is 0 Å². The number of hydrogen-bond donors (Lipinski definition) is 1. The van der Waals surface area contributed by atoms with Crippen molar-refractivity contribution in [1.29, 1.82) is 0 Å².